The summed E-state index contributed by atoms with van der Waals surface area (Å²) in [5.41, 5.74) is 8.65. The van der Waals surface area contributed by atoms with Gasteiger partial charge >= 0.3 is 255 Å². The van der Waals surface area contributed by atoms with Crippen LogP contribution in [0.4, 0.5) is 0 Å². The van der Waals surface area contributed by atoms with Crippen molar-refractivity contribution in [1.82, 2.24) is 0 Å². The monoisotopic (exact) mass is 670 g/mol. The summed E-state index contributed by atoms with van der Waals surface area (Å²) in [5, 5.41) is 1.14. The number of benzene rings is 1. The molecule has 8 saturated carbocycles. The number of rotatable bonds is 8. The topological polar surface area (TPSA) is 26.0 Å². The molecule has 0 heterocycles. The van der Waals surface area contributed by atoms with Crippen LogP contribution in [0.15, 0.2) is 48.6 Å². The molecule has 1 nitrogen and oxygen atoms in total. The molecule has 0 aromatic heterocycles. The van der Waals surface area contributed by atoms with Gasteiger partial charge in [0.1, 0.15) is 0 Å². The molecule has 224 valence electrons. The molecule has 0 amide bonds. The average Bonchev–Trinajstić information content (AvgIpc) is 2.92. The van der Waals surface area contributed by atoms with Crippen molar-refractivity contribution in [2.24, 2.45) is 41.2 Å². The fraction of sp³-hybridized carbons (Fsp3) is 0.722. The number of unbranched alkanes of at least 4 members (excludes halogenated alkanes) is 1. The van der Waals surface area contributed by atoms with Crippen LogP contribution in [0.25, 0.3) is 5.57 Å². The van der Waals surface area contributed by atoms with Gasteiger partial charge in [0.15, 0.2) is 0 Å². The van der Waals surface area contributed by atoms with E-state index in [0.29, 0.717) is 10.3 Å². The minimum absolute atomic E-state index is 0.351. The van der Waals surface area contributed by atoms with E-state index >= 15 is 0 Å². The number of nitrogens with two attached hydrogens (primary N) is 1. The molecule has 1 unspecified atom stereocenters. The van der Waals surface area contributed by atoms with Crippen molar-refractivity contribution in [2.45, 2.75) is 118 Å². The molecular formula is C36H52ClNPPd-. The Morgan fingerprint density at radius 3 is 1.73 bits per heavy atom. The molecule has 0 aliphatic heterocycles. The molecule has 8 bridgehead atoms. The Hall–Kier alpha value is 0.0423. The molecule has 9 aliphatic rings. The van der Waals surface area contributed by atoms with E-state index in [-0.39, 0.29) is 4.01 Å². The first-order valence-corrected chi connectivity index (χ1v) is 24.0. The van der Waals surface area contributed by atoms with Gasteiger partial charge in [0.05, 0.1) is 0 Å². The molecule has 0 spiro atoms. The van der Waals surface area contributed by atoms with Gasteiger partial charge in [-0.3, -0.25) is 0 Å². The second-order valence-corrected chi connectivity index (χ2v) is 30.8. The van der Waals surface area contributed by atoms with Crippen LogP contribution in [0.5, 0.6) is 0 Å². The van der Waals surface area contributed by atoms with Crippen LogP contribution in [-0.2, 0) is 15.2 Å². The molecule has 1 aromatic carbocycles. The van der Waals surface area contributed by atoms with E-state index in [4.69, 9.17) is 15.3 Å². The van der Waals surface area contributed by atoms with Crippen molar-refractivity contribution in [2.75, 3.05) is 6.16 Å². The molecule has 40 heavy (non-hydrogen) atoms. The first-order chi connectivity index (χ1) is 19.4. The zero-order chi connectivity index (χ0) is 27.2. The van der Waals surface area contributed by atoms with E-state index in [9.17, 15) is 0 Å². The standard InChI is InChI=1S/C24H39P.C12H12N.ClH.Pd/c1-2-3-4-25(23-11-17-5-18(12-23)7-19(6-17)13-23)24-14-20-8-21(15-24)10-22(9-20)16-24;13-12-9-5-4-8-11(12)10-6-2-1-3-7-10;;/h17-22H,2-16H2,1H3;1-8H,9,13H2;1H;/q;;;-1. The molecule has 1 atom stereocenters. The summed E-state index contributed by atoms with van der Waals surface area (Å²) in [6, 6.07) is 11.2. The fourth-order valence-electron chi connectivity index (χ4n) is 13.0. The first-order valence-electron chi connectivity index (χ1n) is 16.9. The van der Waals surface area contributed by atoms with Gasteiger partial charge in [-0.2, -0.15) is 0 Å². The summed E-state index contributed by atoms with van der Waals surface area (Å²) in [6.07, 6.45) is 30.7. The van der Waals surface area contributed by atoms with E-state index in [1.165, 1.54) is 68.7 Å². The second-order valence-electron chi connectivity index (χ2n) is 15.8. The van der Waals surface area contributed by atoms with Gasteiger partial charge in [0, 0.05) is 0 Å². The normalized spacial score (nSPS) is 45.6. The molecule has 9 aliphatic carbocycles. The van der Waals surface area contributed by atoms with E-state index < -0.39 is 20.7 Å². The Morgan fingerprint density at radius 2 is 1.27 bits per heavy atom. The molecule has 1 aromatic rings. The average molecular weight is 672 g/mol. The molecule has 4 heteroatoms. The summed E-state index contributed by atoms with van der Waals surface area (Å²) in [4.78, 5) is 0. The Labute approximate surface area is 253 Å². The van der Waals surface area contributed by atoms with Crippen molar-refractivity contribution in [3.8, 4) is 0 Å². The van der Waals surface area contributed by atoms with E-state index in [1.54, 1.807) is 38.5 Å². The van der Waals surface area contributed by atoms with Crippen molar-refractivity contribution in [3.05, 3.63) is 54.1 Å². The summed E-state index contributed by atoms with van der Waals surface area (Å²) >= 11 is -1.63. The SMILES string of the molecule is CCCC[PH]([Pd-]([Cl])[C]1(N)CC=CC=C1c1ccccc1)(C12CC3CC(CC(C3)C1)C2)C12CC3CC(CC(C3)C1)C2. The van der Waals surface area contributed by atoms with Crippen LogP contribution in [0.3, 0.4) is 0 Å². The summed E-state index contributed by atoms with van der Waals surface area (Å²) in [6.45, 7) is 2.46. The predicted octanol–water partition coefficient (Wildman–Crippen LogP) is 9.86. The number of allylic oxidation sites excluding steroid dienone is 2. The van der Waals surface area contributed by atoms with Gasteiger partial charge in [-0.05, 0) is 0 Å². The first kappa shape index (κ1) is 27.6. The Morgan fingerprint density at radius 1 is 0.800 bits per heavy atom. The summed E-state index contributed by atoms with van der Waals surface area (Å²) in [5.74, 6) is 5.95. The van der Waals surface area contributed by atoms with Crippen LogP contribution >= 0.6 is 15.0 Å². The molecule has 8 fully saturated rings. The van der Waals surface area contributed by atoms with Gasteiger partial charge < -0.3 is 0 Å². The Balaban J connectivity index is 1.34. The van der Waals surface area contributed by atoms with E-state index in [0.717, 1.165) is 41.9 Å². The molecular weight excluding hydrogens is 619 g/mol. The van der Waals surface area contributed by atoms with Crippen molar-refractivity contribution >= 4 is 20.6 Å². The van der Waals surface area contributed by atoms with Gasteiger partial charge in [-0.15, -0.1) is 0 Å². The minimum atomic E-state index is -2.07. The molecule has 2 N–H and O–H groups in total. The number of halogens is 1. The molecule has 0 saturated heterocycles. The van der Waals surface area contributed by atoms with Gasteiger partial charge in [-0.1, -0.05) is 0 Å². The Kier molecular flexibility index (Phi) is 6.92. The third-order valence-corrected chi connectivity index (χ3v) is 37.4. The van der Waals surface area contributed by atoms with Crippen molar-refractivity contribution in [1.29, 1.82) is 0 Å². The van der Waals surface area contributed by atoms with Gasteiger partial charge in [-0.25, -0.2) is 0 Å². The quantitative estimate of drug-likeness (QED) is 0.216. The molecule has 0 radical (unpaired) electrons. The third kappa shape index (κ3) is 3.94. The Bertz CT molecular complexity index is 1080. The van der Waals surface area contributed by atoms with Crippen LogP contribution < -0.4 is 5.73 Å². The molecule has 10 rings (SSSR count). The van der Waals surface area contributed by atoms with Crippen molar-refractivity contribution < 1.29 is 15.2 Å². The van der Waals surface area contributed by atoms with E-state index in [1.807, 2.05) is 0 Å². The van der Waals surface area contributed by atoms with Gasteiger partial charge in [0.2, 0.25) is 0 Å². The zero-order valence-electron chi connectivity index (χ0n) is 24.7. The maximum absolute atomic E-state index is 8.65. The van der Waals surface area contributed by atoms with Crippen molar-refractivity contribution in [3.63, 3.8) is 0 Å². The van der Waals surface area contributed by atoms with Crippen LogP contribution in [0.1, 0.15) is 109 Å². The van der Waals surface area contributed by atoms with Crippen LogP contribution in [0.2, 0.25) is 0 Å². The summed E-state index contributed by atoms with van der Waals surface area (Å²) < 4.78 is -0.351. The van der Waals surface area contributed by atoms with Crippen LogP contribution in [-0.4, -0.2) is 20.5 Å². The number of hydrogen-bond donors (Lipinski definition) is 1. The van der Waals surface area contributed by atoms with Crippen LogP contribution in [0, 0.1) is 35.5 Å². The maximum atomic E-state index is 8.65. The third-order valence-electron chi connectivity index (χ3n) is 13.4. The second kappa shape index (κ2) is 10.0. The van der Waals surface area contributed by atoms with Gasteiger partial charge in [0.25, 0.3) is 0 Å². The fourth-order valence-corrected chi connectivity index (χ4v) is 41.7. The zero-order valence-corrected chi connectivity index (χ0v) is 28.0. The number of hydrogen-bond acceptors (Lipinski definition) is 1. The predicted molar refractivity (Wildman–Crippen MR) is 171 cm³/mol. The summed E-state index contributed by atoms with van der Waals surface area (Å²) in [7, 11) is 8.65. The van der Waals surface area contributed by atoms with E-state index in [2.05, 4.69) is 55.5 Å².